The summed E-state index contributed by atoms with van der Waals surface area (Å²) in [5, 5.41) is 0. The SMILES string of the molecule is NC1CCN(CCC2=CCCCC2)C1. The molecule has 1 fully saturated rings. The van der Waals surface area contributed by atoms with Crippen molar-refractivity contribution in [1.82, 2.24) is 4.90 Å². The van der Waals surface area contributed by atoms with Crippen molar-refractivity contribution in [3.8, 4) is 0 Å². The summed E-state index contributed by atoms with van der Waals surface area (Å²) in [6, 6.07) is 0.440. The van der Waals surface area contributed by atoms with Crippen LogP contribution in [0, 0.1) is 0 Å². The van der Waals surface area contributed by atoms with Crippen LogP contribution in [0.4, 0.5) is 0 Å². The van der Waals surface area contributed by atoms with Gasteiger partial charge in [-0.15, -0.1) is 0 Å². The van der Waals surface area contributed by atoms with E-state index in [0.717, 1.165) is 6.54 Å². The van der Waals surface area contributed by atoms with Crippen LogP contribution in [-0.2, 0) is 0 Å². The van der Waals surface area contributed by atoms with Crippen molar-refractivity contribution < 1.29 is 0 Å². The number of hydrogen-bond donors (Lipinski definition) is 1. The molecule has 2 aliphatic rings. The summed E-state index contributed by atoms with van der Waals surface area (Å²) in [6.07, 6.45) is 10.4. The number of nitrogens with zero attached hydrogens (tertiary/aromatic N) is 1. The van der Waals surface area contributed by atoms with E-state index in [0.29, 0.717) is 6.04 Å². The van der Waals surface area contributed by atoms with Crippen molar-refractivity contribution in [3.05, 3.63) is 11.6 Å². The zero-order chi connectivity index (χ0) is 9.80. The molecule has 0 aromatic carbocycles. The molecular formula is C12H22N2. The predicted octanol–water partition coefficient (Wildman–Crippen LogP) is 1.91. The average molecular weight is 194 g/mol. The van der Waals surface area contributed by atoms with Gasteiger partial charge in [-0.1, -0.05) is 11.6 Å². The molecule has 1 saturated heterocycles. The van der Waals surface area contributed by atoms with Crippen LogP contribution >= 0.6 is 0 Å². The maximum atomic E-state index is 5.88. The monoisotopic (exact) mass is 194 g/mol. The van der Waals surface area contributed by atoms with E-state index in [4.69, 9.17) is 5.73 Å². The van der Waals surface area contributed by atoms with E-state index < -0.39 is 0 Å². The Morgan fingerprint density at radius 1 is 1.43 bits per heavy atom. The highest BCUT2D eigenvalue weighted by Gasteiger charge is 2.18. The van der Waals surface area contributed by atoms with Gasteiger partial charge in [-0.2, -0.15) is 0 Å². The van der Waals surface area contributed by atoms with Crippen LogP contribution in [0.5, 0.6) is 0 Å². The summed E-state index contributed by atoms with van der Waals surface area (Å²) in [4.78, 5) is 2.51. The van der Waals surface area contributed by atoms with Crippen molar-refractivity contribution in [2.75, 3.05) is 19.6 Å². The molecule has 0 aromatic rings. The first kappa shape index (κ1) is 10.2. The molecule has 0 aromatic heterocycles. The largest absolute Gasteiger partial charge is 0.326 e. The van der Waals surface area contributed by atoms with Crippen molar-refractivity contribution in [3.63, 3.8) is 0 Å². The Morgan fingerprint density at radius 3 is 3.00 bits per heavy atom. The topological polar surface area (TPSA) is 29.3 Å². The highest BCUT2D eigenvalue weighted by atomic mass is 15.2. The Labute approximate surface area is 87.2 Å². The quantitative estimate of drug-likeness (QED) is 0.695. The third-order valence-electron chi connectivity index (χ3n) is 3.44. The molecule has 0 spiro atoms. The Hall–Kier alpha value is -0.340. The van der Waals surface area contributed by atoms with E-state index >= 15 is 0 Å². The molecule has 1 aliphatic carbocycles. The fourth-order valence-corrected chi connectivity index (χ4v) is 2.50. The summed E-state index contributed by atoms with van der Waals surface area (Å²) in [5.74, 6) is 0. The molecule has 0 saturated carbocycles. The normalized spacial score (nSPS) is 29.2. The number of hydrogen-bond acceptors (Lipinski definition) is 2. The van der Waals surface area contributed by atoms with Gasteiger partial charge in [0.1, 0.15) is 0 Å². The molecule has 2 heteroatoms. The Bertz CT molecular complexity index is 210. The van der Waals surface area contributed by atoms with Gasteiger partial charge in [-0.25, -0.2) is 0 Å². The maximum absolute atomic E-state index is 5.88. The zero-order valence-electron chi connectivity index (χ0n) is 9.04. The third kappa shape index (κ3) is 2.82. The first-order valence-electron chi connectivity index (χ1n) is 6.00. The lowest BCUT2D eigenvalue weighted by molar-refractivity contribution is 0.336. The molecule has 2 nitrogen and oxygen atoms in total. The third-order valence-corrected chi connectivity index (χ3v) is 3.44. The lowest BCUT2D eigenvalue weighted by atomic mass is 9.97. The highest BCUT2D eigenvalue weighted by Crippen LogP contribution is 2.20. The van der Waals surface area contributed by atoms with Gasteiger partial charge in [0, 0.05) is 19.1 Å². The molecule has 0 bridgehead atoms. The number of allylic oxidation sites excluding steroid dienone is 1. The number of nitrogens with two attached hydrogens (primary N) is 1. The van der Waals surface area contributed by atoms with Crippen LogP contribution in [0.3, 0.4) is 0 Å². The van der Waals surface area contributed by atoms with Crippen LogP contribution in [0.1, 0.15) is 38.5 Å². The molecular weight excluding hydrogens is 172 g/mol. The van der Waals surface area contributed by atoms with Gasteiger partial charge >= 0.3 is 0 Å². The van der Waals surface area contributed by atoms with Gasteiger partial charge in [0.2, 0.25) is 0 Å². The number of likely N-dealkylation sites (tertiary alicyclic amines) is 1. The second-order valence-electron chi connectivity index (χ2n) is 4.71. The minimum atomic E-state index is 0.440. The summed E-state index contributed by atoms with van der Waals surface area (Å²) in [5.41, 5.74) is 7.57. The molecule has 0 radical (unpaired) electrons. The van der Waals surface area contributed by atoms with E-state index in [1.54, 1.807) is 5.57 Å². The van der Waals surface area contributed by atoms with Crippen LogP contribution in [0.25, 0.3) is 0 Å². The van der Waals surface area contributed by atoms with Crippen molar-refractivity contribution in [1.29, 1.82) is 0 Å². The molecule has 2 N–H and O–H groups in total. The van der Waals surface area contributed by atoms with Gasteiger partial charge in [0.05, 0.1) is 0 Å². The van der Waals surface area contributed by atoms with Crippen molar-refractivity contribution in [2.45, 2.75) is 44.6 Å². The highest BCUT2D eigenvalue weighted by molar-refractivity contribution is 5.05. The minimum Gasteiger partial charge on any atom is -0.326 e. The van der Waals surface area contributed by atoms with Gasteiger partial charge in [-0.05, 0) is 45.1 Å². The number of rotatable bonds is 3. The lowest BCUT2D eigenvalue weighted by Gasteiger charge is -2.18. The summed E-state index contributed by atoms with van der Waals surface area (Å²) >= 11 is 0. The zero-order valence-corrected chi connectivity index (χ0v) is 9.04. The fourth-order valence-electron chi connectivity index (χ4n) is 2.50. The molecule has 2 rings (SSSR count). The smallest absolute Gasteiger partial charge is 0.0180 e. The van der Waals surface area contributed by atoms with Crippen LogP contribution in [0.2, 0.25) is 0 Å². The molecule has 1 heterocycles. The van der Waals surface area contributed by atoms with Crippen LogP contribution < -0.4 is 5.73 Å². The Kier molecular flexibility index (Phi) is 3.60. The van der Waals surface area contributed by atoms with Gasteiger partial charge in [0.25, 0.3) is 0 Å². The summed E-state index contributed by atoms with van der Waals surface area (Å²) in [7, 11) is 0. The van der Waals surface area contributed by atoms with Gasteiger partial charge in [-0.3, -0.25) is 0 Å². The molecule has 0 amide bonds. The second kappa shape index (κ2) is 4.94. The molecule has 14 heavy (non-hydrogen) atoms. The average Bonchev–Trinajstić information content (AvgIpc) is 2.63. The molecule has 80 valence electrons. The first-order chi connectivity index (χ1) is 6.84. The van der Waals surface area contributed by atoms with Gasteiger partial charge in [0.15, 0.2) is 0 Å². The summed E-state index contributed by atoms with van der Waals surface area (Å²) in [6.45, 7) is 3.57. The van der Waals surface area contributed by atoms with E-state index in [-0.39, 0.29) is 0 Å². The van der Waals surface area contributed by atoms with E-state index in [1.165, 1.54) is 51.6 Å². The van der Waals surface area contributed by atoms with E-state index in [2.05, 4.69) is 11.0 Å². The van der Waals surface area contributed by atoms with Crippen LogP contribution in [-0.4, -0.2) is 30.6 Å². The minimum absolute atomic E-state index is 0.440. The maximum Gasteiger partial charge on any atom is 0.0180 e. The van der Waals surface area contributed by atoms with Crippen molar-refractivity contribution >= 4 is 0 Å². The molecule has 1 aliphatic heterocycles. The van der Waals surface area contributed by atoms with E-state index in [1.807, 2.05) is 0 Å². The van der Waals surface area contributed by atoms with Crippen molar-refractivity contribution in [2.24, 2.45) is 5.73 Å². The molecule has 1 atom stereocenters. The second-order valence-corrected chi connectivity index (χ2v) is 4.71. The van der Waals surface area contributed by atoms with Gasteiger partial charge < -0.3 is 10.6 Å². The standard InChI is InChI=1S/C12H22N2/c13-12-7-9-14(10-12)8-6-11-4-2-1-3-5-11/h4,12H,1-3,5-10,13H2. The lowest BCUT2D eigenvalue weighted by Crippen LogP contribution is -2.27. The Balaban J connectivity index is 1.69. The fraction of sp³-hybridized carbons (Fsp3) is 0.833. The Morgan fingerprint density at radius 2 is 2.36 bits per heavy atom. The molecule has 1 unspecified atom stereocenters. The summed E-state index contributed by atoms with van der Waals surface area (Å²) < 4.78 is 0. The van der Waals surface area contributed by atoms with Crippen LogP contribution in [0.15, 0.2) is 11.6 Å². The van der Waals surface area contributed by atoms with E-state index in [9.17, 15) is 0 Å². The first-order valence-corrected chi connectivity index (χ1v) is 6.00. The predicted molar refractivity (Wildman–Crippen MR) is 60.2 cm³/mol.